The number of anilines is 1. The molecule has 3 nitrogen and oxygen atoms in total. The third-order valence-corrected chi connectivity index (χ3v) is 4.89. The van der Waals surface area contributed by atoms with Crippen LogP contribution in [0.5, 0.6) is 0 Å². The van der Waals surface area contributed by atoms with Crippen molar-refractivity contribution in [2.45, 2.75) is 11.8 Å². The number of hydrogen-bond acceptors (Lipinski definition) is 1. The van der Waals surface area contributed by atoms with Gasteiger partial charge in [-0.15, -0.1) is 6.58 Å². The molecule has 0 spiro atoms. The minimum Gasteiger partial charge on any atom is -0.361 e. The predicted octanol–water partition coefficient (Wildman–Crippen LogP) is 4.01. The summed E-state index contributed by atoms with van der Waals surface area (Å²) < 4.78 is 0. The second-order valence-corrected chi connectivity index (χ2v) is 6.03. The first-order valence-corrected chi connectivity index (χ1v) is 7.75. The molecule has 4 rings (SSSR count). The smallest absolute Gasteiger partial charge is 0.242 e. The van der Waals surface area contributed by atoms with E-state index in [4.69, 9.17) is 0 Å². The standard InChI is InChI=1S/C20H18N2O/c1-3-12-20(16-13-21-17-10-6-4-8-14(16)17)15-9-5-7-11-18(15)22(2)19(20)23/h3-11,13,21H,1,12H2,2H3/t20-/m0/s1. The van der Waals surface area contributed by atoms with Gasteiger partial charge in [-0.1, -0.05) is 42.5 Å². The maximum Gasteiger partial charge on any atom is 0.242 e. The van der Waals surface area contributed by atoms with E-state index in [0.717, 1.165) is 27.7 Å². The van der Waals surface area contributed by atoms with Gasteiger partial charge in [0.2, 0.25) is 5.91 Å². The molecule has 1 aromatic heterocycles. The Balaban J connectivity index is 2.08. The van der Waals surface area contributed by atoms with E-state index in [2.05, 4.69) is 23.7 Å². The van der Waals surface area contributed by atoms with Crippen molar-refractivity contribution in [2.24, 2.45) is 0 Å². The molecule has 0 radical (unpaired) electrons. The molecular weight excluding hydrogens is 284 g/mol. The van der Waals surface area contributed by atoms with Gasteiger partial charge in [-0.25, -0.2) is 0 Å². The highest BCUT2D eigenvalue weighted by molar-refractivity contribution is 6.12. The van der Waals surface area contributed by atoms with E-state index in [9.17, 15) is 4.79 Å². The third kappa shape index (κ3) is 1.67. The molecule has 1 amide bonds. The van der Waals surface area contributed by atoms with E-state index in [1.54, 1.807) is 4.90 Å². The Kier molecular flexibility index (Phi) is 2.91. The quantitative estimate of drug-likeness (QED) is 0.729. The number of likely N-dealkylation sites (N-methyl/N-ethyl adjacent to an activating group) is 1. The highest BCUT2D eigenvalue weighted by Gasteiger charge is 2.50. The van der Waals surface area contributed by atoms with Gasteiger partial charge in [-0.05, 0) is 29.7 Å². The number of nitrogens with one attached hydrogen (secondary N) is 1. The first-order chi connectivity index (χ1) is 11.2. The minimum atomic E-state index is -0.702. The molecule has 2 heterocycles. The molecule has 2 aromatic carbocycles. The summed E-state index contributed by atoms with van der Waals surface area (Å²) in [5.74, 6) is 0.100. The molecule has 23 heavy (non-hydrogen) atoms. The van der Waals surface area contributed by atoms with Crippen LogP contribution < -0.4 is 4.90 Å². The number of para-hydroxylation sites is 2. The lowest BCUT2D eigenvalue weighted by Crippen LogP contribution is -2.39. The number of nitrogens with zero attached hydrogens (tertiary/aromatic N) is 1. The van der Waals surface area contributed by atoms with Gasteiger partial charge in [0.05, 0.1) is 0 Å². The number of aromatic amines is 1. The normalized spacial score (nSPS) is 20.0. The summed E-state index contributed by atoms with van der Waals surface area (Å²) in [6.45, 7) is 3.91. The second kappa shape index (κ2) is 4.85. The van der Waals surface area contributed by atoms with Gasteiger partial charge in [-0.2, -0.15) is 0 Å². The molecule has 1 aliphatic heterocycles. The van der Waals surface area contributed by atoms with Gasteiger partial charge in [0.15, 0.2) is 0 Å². The number of allylic oxidation sites excluding steroid dienone is 1. The minimum absolute atomic E-state index is 0.100. The number of rotatable bonds is 3. The van der Waals surface area contributed by atoms with Crippen molar-refractivity contribution in [1.29, 1.82) is 0 Å². The summed E-state index contributed by atoms with van der Waals surface area (Å²) >= 11 is 0. The fourth-order valence-corrected chi connectivity index (χ4v) is 3.85. The maximum absolute atomic E-state index is 13.3. The topological polar surface area (TPSA) is 36.1 Å². The number of carbonyl (C=O) groups excluding carboxylic acids is 1. The number of benzene rings is 2. The van der Waals surface area contributed by atoms with E-state index in [0.29, 0.717) is 6.42 Å². The maximum atomic E-state index is 13.3. The van der Waals surface area contributed by atoms with Crippen LogP contribution in [0.2, 0.25) is 0 Å². The molecule has 0 bridgehead atoms. The summed E-state index contributed by atoms with van der Waals surface area (Å²) in [6.07, 6.45) is 4.40. The molecule has 114 valence electrons. The summed E-state index contributed by atoms with van der Waals surface area (Å²) in [5.41, 5.74) is 3.40. The summed E-state index contributed by atoms with van der Waals surface area (Å²) in [7, 11) is 1.85. The highest BCUT2D eigenvalue weighted by atomic mass is 16.2. The van der Waals surface area contributed by atoms with Crippen LogP contribution in [0.15, 0.2) is 67.4 Å². The zero-order chi connectivity index (χ0) is 16.0. The largest absolute Gasteiger partial charge is 0.361 e. The molecule has 1 N–H and O–H groups in total. The van der Waals surface area contributed by atoms with Crippen LogP contribution in [0.3, 0.4) is 0 Å². The van der Waals surface area contributed by atoms with E-state index in [1.165, 1.54) is 0 Å². The van der Waals surface area contributed by atoms with Crippen molar-refractivity contribution < 1.29 is 4.79 Å². The lowest BCUT2D eigenvalue weighted by Gasteiger charge is -2.27. The SMILES string of the molecule is C=CC[C@]1(c2c[nH]c3ccccc23)C(=O)N(C)c2ccccc21. The highest BCUT2D eigenvalue weighted by Crippen LogP contribution is 2.49. The molecule has 0 unspecified atom stereocenters. The van der Waals surface area contributed by atoms with Crippen LogP contribution >= 0.6 is 0 Å². The number of aromatic nitrogens is 1. The Morgan fingerprint density at radius 1 is 1.13 bits per heavy atom. The molecule has 0 fully saturated rings. The van der Waals surface area contributed by atoms with Crippen LogP contribution in [-0.4, -0.2) is 17.9 Å². The number of H-pyrrole nitrogens is 1. The second-order valence-electron chi connectivity index (χ2n) is 6.03. The van der Waals surface area contributed by atoms with Crippen LogP contribution in [0, 0.1) is 0 Å². The Labute approximate surface area is 135 Å². The fourth-order valence-electron chi connectivity index (χ4n) is 3.85. The van der Waals surface area contributed by atoms with Crippen molar-refractivity contribution in [1.82, 2.24) is 4.98 Å². The van der Waals surface area contributed by atoms with Gasteiger partial charge in [0.25, 0.3) is 0 Å². The number of hydrogen-bond donors (Lipinski definition) is 1. The Morgan fingerprint density at radius 2 is 1.87 bits per heavy atom. The first-order valence-electron chi connectivity index (χ1n) is 7.75. The Morgan fingerprint density at radius 3 is 2.70 bits per heavy atom. The van der Waals surface area contributed by atoms with Crippen molar-refractivity contribution in [3.05, 3.63) is 78.5 Å². The van der Waals surface area contributed by atoms with E-state index in [1.807, 2.05) is 55.7 Å². The number of carbonyl (C=O) groups is 1. The molecule has 3 aromatic rings. The van der Waals surface area contributed by atoms with Crippen LogP contribution in [0.4, 0.5) is 5.69 Å². The number of amides is 1. The average molecular weight is 302 g/mol. The molecule has 1 aliphatic rings. The van der Waals surface area contributed by atoms with E-state index < -0.39 is 5.41 Å². The van der Waals surface area contributed by atoms with Gasteiger partial charge in [0.1, 0.15) is 5.41 Å². The van der Waals surface area contributed by atoms with Crippen molar-refractivity contribution in [3.63, 3.8) is 0 Å². The van der Waals surface area contributed by atoms with E-state index >= 15 is 0 Å². The zero-order valence-corrected chi connectivity index (χ0v) is 13.0. The van der Waals surface area contributed by atoms with Gasteiger partial charge >= 0.3 is 0 Å². The van der Waals surface area contributed by atoms with Gasteiger partial charge < -0.3 is 9.88 Å². The Bertz CT molecular complexity index is 924. The van der Waals surface area contributed by atoms with E-state index in [-0.39, 0.29) is 5.91 Å². The zero-order valence-electron chi connectivity index (χ0n) is 13.0. The average Bonchev–Trinajstić information content (AvgIpc) is 3.10. The molecular formula is C20H18N2O. The van der Waals surface area contributed by atoms with Gasteiger partial charge in [-0.3, -0.25) is 4.79 Å². The van der Waals surface area contributed by atoms with Gasteiger partial charge in [0, 0.05) is 29.8 Å². The molecule has 1 atom stereocenters. The lowest BCUT2D eigenvalue weighted by atomic mass is 9.73. The monoisotopic (exact) mass is 302 g/mol. The predicted molar refractivity (Wildman–Crippen MR) is 93.7 cm³/mol. The summed E-state index contributed by atoms with van der Waals surface area (Å²) in [4.78, 5) is 18.4. The van der Waals surface area contributed by atoms with Crippen LogP contribution in [-0.2, 0) is 10.2 Å². The van der Waals surface area contributed by atoms with Crippen molar-refractivity contribution in [3.8, 4) is 0 Å². The lowest BCUT2D eigenvalue weighted by molar-refractivity contribution is -0.121. The molecule has 0 aliphatic carbocycles. The summed E-state index contributed by atoms with van der Waals surface area (Å²) in [5, 5.41) is 1.09. The third-order valence-electron chi connectivity index (χ3n) is 4.89. The molecule has 0 saturated carbocycles. The Hall–Kier alpha value is -2.81. The van der Waals surface area contributed by atoms with Crippen molar-refractivity contribution in [2.75, 3.05) is 11.9 Å². The molecule has 3 heteroatoms. The molecule has 0 saturated heterocycles. The fraction of sp³-hybridized carbons (Fsp3) is 0.150. The summed E-state index contributed by atoms with van der Waals surface area (Å²) in [6, 6.07) is 16.2. The van der Waals surface area contributed by atoms with Crippen molar-refractivity contribution >= 4 is 22.5 Å². The van der Waals surface area contributed by atoms with Crippen LogP contribution in [0.25, 0.3) is 10.9 Å². The first kappa shape index (κ1) is 13.8. The van der Waals surface area contributed by atoms with Crippen LogP contribution in [0.1, 0.15) is 17.5 Å². The number of fused-ring (bicyclic) bond motifs is 2.